The number of anilines is 2. The molecule has 0 saturated carbocycles. The standard InChI is InChI=1S/C28H29N3O4/c1-35-27(33)20-31-25-15-9-8-14-24(25)30(18-22-12-6-3-7-13-22)19-23(28(31)34)29-26(32)17-16-21-10-4-2-5-11-21/h2-15,23H,16-20H2,1H3,(H,29,32)/t23-/m0/s1. The van der Waals surface area contributed by atoms with E-state index in [4.69, 9.17) is 4.74 Å². The fraction of sp³-hybridized carbons (Fsp3) is 0.250. The van der Waals surface area contributed by atoms with Gasteiger partial charge in [0.1, 0.15) is 12.6 Å². The van der Waals surface area contributed by atoms with Gasteiger partial charge < -0.3 is 15.0 Å². The van der Waals surface area contributed by atoms with Crippen LogP contribution in [0.1, 0.15) is 17.5 Å². The fourth-order valence-electron chi connectivity index (χ4n) is 4.25. The first-order valence-corrected chi connectivity index (χ1v) is 11.6. The van der Waals surface area contributed by atoms with E-state index >= 15 is 0 Å². The largest absolute Gasteiger partial charge is 0.468 e. The number of para-hydroxylation sites is 2. The van der Waals surface area contributed by atoms with Crippen molar-refractivity contribution in [3.63, 3.8) is 0 Å². The van der Waals surface area contributed by atoms with Gasteiger partial charge in [0.25, 0.3) is 5.91 Å². The van der Waals surface area contributed by atoms with Crippen LogP contribution in [0.3, 0.4) is 0 Å². The van der Waals surface area contributed by atoms with Gasteiger partial charge in [-0.1, -0.05) is 72.8 Å². The molecular formula is C28H29N3O4. The predicted octanol–water partition coefficient (Wildman–Crippen LogP) is 3.33. The number of rotatable bonds is 8. The average molecular weight is 472 g/mol. The van der Waals surface area contributed by atoms with Crippen molar-refractivity contribution in [2.45, 2.75) is 25.4 Å². The lowest BCUT2D eigenvalue weighted by molar-refractivity contribution is -0.140. The molecule has 180 valence electrons. The number of nitrogens with zero attached hydrogens (tertiary/aromatic N) is 2. The van der Waals surface area contributed by atoms with E-state index in [1.54, 1.807) is 0 Å². The normalized spacial score (nSPS) is 15.2. The third-order valence-electron chi connectivity index (χ3n) is 6.03. The molecule has 7 heteroatoms. The molecule has 4 rings (SSSR count). The quantitative estimate of drug-likeness (QED) is 0.510. The minimum Gasteiger partial charge on any atom is -0.468 e. The number of carbonyl (C=O) groups excluding carboxylic acids is 3. The summed E-state index contributed by atoms with van der Waals surface area (Å²) in [6.07, 6.45) is 0.837. The Morgan fingerprint density at radius 3 is 2.14 bits per heavy atom. The summed E-state index contributed by atoms with van der Waals surface area (Å²) in [7, 11) is 1.29. The molecule has 0 unspecified atom stereocenters. The van der Waals surface area contributed by atoms with Crippen molar-refractivity contribution in [1.29, 1.82) is 0 Å². The molecule has 0 spiro atoms. The summed E-state index contributed by atoms with van der Waals surface area (Å²) in [6.45, 7) is 0.592. The number of esters is 1. The van der Waals surface area contributed by atoms with Crippen LogP contribution in [0.15, 0.2) is 84.9 Å². The SMILES string of the molecule is COC(=O)CN1C(=O)[C@@H](NC(=O)CCc2ccccc2)CN(Cc2ccccc2)c2ccccc21. The number of carbonyl (C=O) groups is 3. The fourth-order valence-corrected chi connectivity index (χ4v) is 4.25. The Morgan fingerprint density at radius 2 is 1.49 bits per heavy atom. The number of aryl methyl sites for hydroxylation is 1. The summed E-state index contributed by atoms with van der Waals surface area (Å²) < 4.78 is 4.85. The molecule has 3 aromatic rings. The van der Waals surface area contributed by atoms with Crippen molar-refractivity contribution >= 4 is 29.2 Å². The molecular weight excluding hydrogens is 442 g/mol. The van der Waals surface area contributed by atoms with E-state index in [9.17, 15) is 14.4 Å². The number of amides is 2. The van der Waals surface area contributed by atoms with Gasteiger partial charge in [-0.25, -0.2) is 0 Å². The first kappa shape index (κ1) is 24.0. The number of ether oxygens (including phenoxy) is 1. The molecule has 35 heavy (non-hydrogen) atoms. The Morgan fingerprint density at radius 1 is 0.886 bits per heavy atom. The van der Waals surface area contributed by atoms with Crippen LogP contribution in [0.2, 0.25) is 0 Å². The molecule has 1 aliphatic rings. The van der Waals surface area contributed by atoms with Crippen molar-refractivity contribution in [3.05, 3.63) is 96.1 Å². The van der Waals surface area contributed by atoms with E-state index in [0.29, 0.717) is 18.7 Å². The lowest BCUT2D eigenvalue weighted by Gasteiger charge is -2.27. The zero-order chi connectivity index (χ0) is 24.6. The number of fused-ring (bicyclic) bond motifs is 1. The Balaban J connectivity index is 1.60. The summed E-state index contributed by atoms with van der Waals surface area (Å²) >= 11 is 0. The van der Waals surface area contributed by atoms with Gasteiger partial charge >= 0.3 is 5.97 Å². The molecule has 0 aliphatic carbocycles. The number of hydrogen-bond donors (Lipinski definition) is 1. The maximum Gasteiger partial charge on any atom is 0.325 e. The van der Waals surface area contributed by atoms with E-state index in [1.807, 2.05) is 84.9 Å². The first-order valence-electron chi connectivity index (χ1n) is 11.6. The van der Waals surface area contributed by atoms with Crippen LogP contribution in [-0.4, -0.2) is 44.0 Å². The second-order valence-corrected chi connectivity index (χ2v) is 8.46. The molecule has 0 bridgehead atoms. The second-order valence-electron chi connectivity index (χ2n) is 8.46. The van der Waals surface area contributed by atoms with E-state index in [2.05, 4.69) is 10.2 Å². The molecule has 3 aromatic carbocycles. The highest BCUT2D eigenvalue weighted by atomic mass is 16.5. The predicted molar refractivity (Wildman–Crippen MR) is 135 cm³/mol. The van der Waals surface area contributed by atoms with Crippen LogP contribution in [0.25, 0.3) is 0 Å². The highest BCUT2D eigenvalue weighted by Crippen LogP contribution is 2.33. The van der Waals surface area contributed by atoms with E-state index in [0.717, 1.165) is 16.8 Å². The molecule has 0 saturated heterocycles. The maximum atomic E-state index is 13.6. The van der Waals surface area contributed by atoms with Gasteiger partial charge in [0, 0.05) is 19.5 Å². The van der Waals surface area contributed by atoms with Gasteiger partial charge in [-0.15, -0.1) is 0 Å². The van der Waals surface area contributed by atoms with Crippen LogP contribution < -0.4 is 15.1 Å². The van der Waals surface area contributed by atoms with Crippen molar-refractivity contribution in [3.8, 4) is 0 Å². The van der Waals surface area contributed by atoms with Crippen LogP contribution >= 0.6 is 0 Å². The Bertz CT molecular complexity index is 1170. The van der Waals surface area contributed by atoms with Crippen LogP contribution in [0.5, 0.6) is 0 Å². The molecule has 1 aliphatic heterocycles. The molecule has 1 heterocycles. The number of nitrogens with one attached hydrogen (secondary N) is 1. The molecule has 2 amide bonds. The van der Waals surface area contributed by atoms with Gasteiger partial charge in [-0.3, -0.25) is 19.3 Å². The smallest absolute Gasteiger partial charge is 0.325 e. The summed E-state index contributed by atoms with van der Waals surface area (Å²) in [5.74, 6) is -1.08. The van der Waals surface area contributed by atoms with Crippen molar-refractivity contribution < 1.29 is 19.1 Å². The molecule has 7 nitrogen and oxygen atoms in total. The minimum absolute atomic E-state index is 0.212. The monoisotopic (exact) mass is 471 g/mol. The lowest BCUT2D eigenvalue weighted by Crippen LogP contribution is -2.53. The average Bonchev–Trinajstić information content (AvgIpc) is 2.99. The van der Waals surface area contributed by atoms with Crippen LogP contribution in [-0.2, 0) is 32.1 Å². The minimum atomic E-state index is -0.820. The highest BCUT2D eigenvalue weighted by Gasteiger charge is 2.35. The zero-order valence-electron chi connectivity index (χ0n) is 19.7. The number of hydrogen-bond acceptors (Lipinski definition) is 5. The zero-order valence-corrected chi connectivity index (χ0v) is 19.7. The molecule has 0 aromatic heterocycles. The summed E-state index contributed by atoms with van der Waals surface area (Å²) in [4.78, 5) is 42.2. The van der Waals surface area contributed by atoms with E-state index in [-0.39, 0.29) is 31.3 Å². The number of methoxy groups -OCH3 is 1. The van der Waals surface area contributed by atoms with Gasteiger partial charge in [0.15, 0.2) is 0 Å². The van der Waals surface area contributed by atoms with Gasteiger partial charge in [0.2, 0.25) is 5.91 Å². The molecule has 0 fully saturated rings. The Labute approximate surface area is 205 Å². The van der Waals surface area contributed by atoms with Crippen LogP contribution in [0.4, 0.5) is 11.4 Å². The Hall–Kier alpha value is -4.13. The topological polar surface area (TPSA) is 79.0 Å². The number of benzene rings is 3. The molecule has 1 atom stereocenters. The van der Waals surface area contributed by atoms with Crippen LogP contribution in [0, 0.1) is 0 Å². The van der Waals surface area contributed by atoms with Gasteiger partial charge in [-0.05, 0) is 29.7 Å². The van der Waals surface area contributed by atoms with Gasteiger partial charge in [-0.2, -0.15) is 0 Å². The molecule has 0 radical (unpaired) electrons. The highest BCUT2D eigenvalue weighted by molar-refractivity contribution is 6.06. The molecule has 1 N–H and O–H groups in total. The van der Waals surface area contributed by atoms with Crippen molar-refractivity contribution in [2.75, 3.05) is 30.0 Å². The third-order valence-corrected chi connectivity index (χ3v) is 6.03. The summed E-state index contributed by atoms with van der Waals surface area (Å²) in [6, 6.07) is 26.3. The summed E-state index contributed by atoms with van der Waals surface area (Å²) in [5.41, 5.74) is 3.56. The van der Waals surface area contributed by atoms with E-state index in [1.165, 1.54) is 12.0 Å². The Kier molecular flexibility index (Phi) is 7.77. The van der Waals surface area contributed by atoms with E-state index < -0.39 is 12.0 Å². The van der Waals surface area contributed by atoms with Crippen molar-refractivity contribution in [1.82, 2.24) is 5.32 Å². The second kappa shape index (κ2) is 11.3. The maximum absolute atomic E-state index is 13.6. The van der Waals surface area contributed by atoms with Crippen molar-refractivity contribution in [2.24, 2.45) is 0 Å². The summed E-state index contributed by atoms with van der Waals surface area (Å²) in [5, 5.41) is 2.93. The first-order chi connectivity index (χ1) is 17.0. The lowest BCUT2D eigenvalue weighted by atomic mass is 10.1. The third kappa shape index (κ3) is 6.06. The van der Waals surface area contributed by atoms with Gasteiger partial charge in [0.05, 0.1) is 18.5 Å².